The van der Waals surface area contributed by atoms with Gasteiger partial charge in [0.05, 0.1) is 16.6 Å². The molecule has 1 aliphatic rings. The number of rotatable bonds is 16. The van der Waals surface area contributed by atoms with E-state index in [0.29, 0.717) is 30.5 Å². The fraction of sp³-hybridized carbons (Fsp3) is 0.667. The van der Waals surface area contributed by atoms with Crippen molar-refractivity contribution < 1.29 is 39.7 Å². The van der Waals surface area contributed by atoms with Gasteiger partial charge >= 0.3 is 11.5 Å². The first kappa shape index (κ1) is 31.2. The van der Waals surface area contributed by atoms with Crippen LogP contribution >= 0.6 is 0 Å². The van der Waals surface area contributed by atoms with Gasteiger partial charge in [-0.15, -0.1) is 4.73 Å². The van der Waals surface area contributed by atoms with Gasteiger partial charge in [-0.2, -0.15) is 0 Å². The van der Waals surface area contributed by atoms with Crippen molar-refractivity contribution in [3.8, 4) is 0 Å². The van der Waals surface area contributed by atoms with Crippen molar-refractivity contribution in [2.24, 2.45) is 5.11 Å². The maximum atomic E-state index is 12.8. The number of aromatic nitrogens is 3. The summed E-state index contributed by atoms with van der Waals surface area (Å²) in [5.41, 5.74) is 8.83. The summed E-state index contributed by atoms with van der Waals surface area (Å²) in [5, 5.41) is 60.4. The Morgan fingerprint density at radius 1 is 1.12 bits per heavy atom. The number of carbonyl (C=O) groups is 1. The molecule has 16 heteroatoms. The number of ether oxygens (including phenoxy) is 1. The van der Waals surface area contributed by atoms with Gasteiger partial charge in [0.2, 0.25) is 0 Å². The third-order valence-electron chi connectivity index (χ3n) is 6.69. The molecule has 1 aromatic carbocycles. The molecule has 220 valence electrons. The molecule has 1 fully saturated rings. The van der Waals surface area contributed by atoms with Gasteiger partial charge in [0.1, 0.15) is 30.2 Å². The quantitative estimate of drug-likeness (QED) is 0.0393. The second-order valence-electron chi connectivity index (χ2n) is 9.71. The fourth-order valence-corrected chi connectivity index (χ4v) is 4.51. The summed E-state index contributed by atoms with van der Waals surface area (Å²) in [5.74, 6) is -0.176. The molecule has 6 N–H and O–H groups in total. The minimum absolute atomic E-state index is 0.0227. The van der Waals surface area contributed by atoms with Crippen molar-refractivity contribution in [1.82, 2.24) is 14.7 Å². The molecule has 0 aliphatic carbocycles. The van der Waals surface area contributed by atoms with Crippen LogP contribution in [-0.2, 0) is 9.53 Å². The molecule has 0 spiro atoms. The smallest absolute Gasteiger partial charge is 0.322 e. The number of para-hydroxylation sites is 2. The molecule has 2 heterocycles. The Kier molecular flexibility index (Phi) is 12.0. The molecular formula is C24H37N8O8+. The predicted octanol–water partition coefficient (Wildman–Crippen LogP) is -0.0781. The van der Waals surface area contributed by atoms with Crippen molar-refractivity contribution in [2.75, 3.05) is 38.0 Å². The van der Waals surface area contributed by atoms with Crippen LogP contribution in [0.5, 0.6) is 0 Å². The zero-order valence-electron chi connectivity index (χ0n) is 22.1. The number of aliphatic hydroxyl groups is 4. The Bertz CT molecular complexity index is 1220. The Labute approximate surface area is 229 Å². The van der Waals surface area contributed by atoms with Crippen LogP contribution in [-0.4, -0.2) is 110 Å². The van der Waals surface area contributed by atoms with Crippen molar-refractivity contribution in [1.29, 1.82) is 0 Å². The number of hydrogen-bond donors (Lipinski definition) is 6. The van der Waals surface area contributed by atoms with E-state index in [2.05, 4.69) is 20.4 Å². The summed E-state index contributed by atoms with van der Waals surface area (Å²) in [6, 6.07) is 6.43. The summed E-state index contributed by atoms with van der Waals surface area (Å²) < 4.78 is 6.46. The van der Waals surface area contributed by atoms with Crippen molar-refractivity contribution >= 4 is 22.8 Å². The number of ketones is 1. The van der Waals surface area contributed by atoms with Gasteiger partial charge in [-0.1, -0.05) is 30.1 Å². The lowest BCUT2D eigenvalue weighted by Crippen LogP contribution is -2.60. The van der Waals surface area contributed by atoms with Gasteiger partial charge < -0.3 is 35.7 Å². The average Bonchev–Trinajstić information content (AvgIpc) is 2.94. The minimum Gasteiger partial charge on any atom is -0.425 e. The monoisotopic (exact) mass is 565 g/mol. The fourth-order valence-electron chi connectivity index (χ4n) is 4.51. The molecule has 1 aliphatic heterocycles. The number of unbranched alkanes of at least 4 members (excludes halogenated alkanes) is 3. The molecule has 1 aromatic heterocycles. The topological polar surface area (TPSA) is 232 Å². The van der Waals surface area contributed by atoms with E-state index in [9.17, 15) is 35.3 Å². The van der Waals surface area contributed by atoms with Crippen LogP contribution in [0.4, 0.5) is 5.95 Å². The van der Waals surface area contributed by atoms with Crippen LogP contribution in [0.15, 0.2) is 29.4 Å². The van der Waals surface area contributed by atoms with Crippen LogP contribution in [0.3, 0.4) is 0 Å². The Morgan fingerprint density at radius 3 is 2.65 bits per heavy atom. The van der Waals surface area contributed by atoms with Crippen LogP contribution in [0.2, 0.25) is 0 Å². The first-order valence-electron chi connectivity index (χ1n) is 13.2. The van der Waals surface area contributed by atoms with E-state index in [1.54, 1.807) is 23.1 Å². The van der Waals surface area contributed by atoms with Gasteiger partial charge in [0, 0.05) is 37.0 Å². The van der Waals surface area contributed by atoms with E-state index >= 15 is 0 Å². The highest BCUT2D eigenvalue weighted by atomic mass is 16.6. The summed E-state index contributed by atoms with van der Waals surface area (Å²) in [6.07, 6.45) is -3.74. The average molecular weight is 566 g/mol. The maximum Gasteiger partial charge on any atom is 0.322 e. The summed E-state index contributed by atoms with van der Waals surface area (Å²) in [4.78, 5) is 29.4. The molecule has 0 saturated carbocycles. The SMILES string of the molecule is [N-]=[N+]=NCCCCCCN(CC(=O)CCCNc1n[n+](=O)c2ccccc2n1O)CC1O[C@@H](O)C(O)[C@@H](O)[C@@H]1O. The number of benzene rings is 1. The number of azide groups is 1. The van der Waals surface area contributed by atoms with Gasteiger partial charge in [0.15, 0.2) is 16.3 Å². The number of anilines is 1. The molecular weight excluding hydrogens is 528 g/mol. The molecule has 16 nitrogen and oxygen atoms in total. The lowest BCUT2D eigenvalue weighted by Gasteiger charge is -2.40. The molecule has 0 bridgehead atoms. The molecule has 0 radical (unpaired) electrons. The van der Waals surface area contributed by atoms with Gasteiger partial charge in [-0.05, 0) is 37.4 Å². The van der Waals surface area contributed by atoms with Crippen molar-refractivity contribution in [3.63, 3.8) is 0 Å². The lowest BCUT2D eigenvalue weighted by atomic mass is 9.98. The molecule has 40 heavy (non-hydrogen) atoms. The van der Waals surface area contributed by atoms with Crippen molar-refractivity contribution in [2.45, 2.75) is 69.2 Å². The number of fused-ring (bicyclic) bond motifs is 1. The number of carbonyl (C=O) groups excluding carboxylic acids is 1. The van der Waals surface area contributed by atoms with Gasteiger partial charge in [-0.25, -0.2) is 0 Å². The van der Waals surface area contributed by atoms with Crippen LogP contribution in [0.1, 0.15) is 38.5 Å². The van der Waals surface area contributed by atoms with Crippen molar-refractivity contribution in [3.05, 3.63) is 39.6 Å². The highest BCUT2D eigenvalue weighted by Crippen LogP contribution is 2.21. The molecule has 5 atom stereocenters. The molecule has 3 rings (SSSR count). The Morgan fingerprint density at radius 2 is 1.88 bits per heavy atom. The predicted molar refractivity (Wildman–Crippen MR) is 141 cm³/mol. The number of aliphatic hydroxyl groups excluding tert-OH is 4. The van der Waals surface area contributed by atoms with E-state index in [-0.39, 0.29) is 48.8 Å². The maximum absolute atomic E-state index is 12.8. The number of nitrogens with zero attached hydrogens (tertiary/aromatic N) is 7. The third-order valence-corrected chi connectivity index (χ3v) is 6.69. The standard InChI is InChI=1S/C24H37N8O8/c25-29-27-12-5-1-2-6-13-30(15-19-20(34)21(35)22(36)23(37)40-19)14-16(33)8-7-11-26-24-28-32(39)18-10-4-3-9-17(18)31(24)38/h3-4,9-10,19-23,34-38H,1-2,5-8,11-15H2,(H,26,28,39)/q+1/t19?,20-,21+,22?,23-/m1/s1. The number of hydrogen-bond acceptors (Lipinski definition) is 12. The van der Waals surface area contributed by atoms with E-state index in [0.717, 1.165) is 24.0 Å². The first-order chi connectivity index (χ1) is 19.2. The third kappa shape index (κ3) is 8.56. The van der Waals surface area contributed by atoms with Crippen LogP contribution in [0.25, 0.3) is 21.5 Å². The summed E-state index contributed by atoms with van der Waals surface area (Å²) in [6.45, 7) is 1.20. The largest absolute Gasteiger partial charge is 0.425 e. The summed E-state index contributed by atoms with van der Waals surface area (Å²) in [7, 11) is 0. The van der Waals surface area contributed by atoms with E-state index in [4.69, 9.17) is 10.3 Å². The highest BCUT2D eigenvalue weighted by molar-refractivity contribution is 5.80. The van der Waals surface area contributed by atoms with Crippen LogP contribution < -0.4 is 9.86 Å². The van der Waals surface area contributed by atoms with Gasteiger partial charge in [0.25, 0.3) is 0 Å². The van der Waals surface area contributed by atoms with Gasteiger partial charge in [-0.3, -0.25) is 9.69 Å². The normalized spacial score (nSPS) is 22.8. The second-order valence-corrected chi connectivity index (χ2v) is 9.71. The molecule has 2 unspecified atom stereocenters. The Hall–Kier alpha value is -3.37. The van der Waals surface area contributed by atoms with E-state index < -0.39 is 30.7 Å². The molecule has 2 aromatic rings. The zero-order chi connectivity index (χ0) is 29.1. The lowest BCUT2D eigenvalue weighted by molar-refractivity contribution is -0.535. The van der Waals surface area contributed by atoms with Crippen LogP contribution in [0, 0.1) is 4.91 Å². The van der Waals surface area contributed by atoms with E-state index in [1.807, 2.05) is 0 Å². The number of Topliss-reactive ketones (excluding diaryl/α,β-unsaturated/α-hetero) is 1. The number of nitrogens with one attached hydrogen (secondary N) is 1. The highest BCUT2D eigenvalue weighted by Gasteiger charge is 2.43. The first-order valence-corrected chi connectivity index (χ1v) is 13.2. The zero-order valence-corrected chi connectivity index (χ0v) is 22.1. The second kappa shape index (κ2) is 15.4. The summed E-state index contributed by atoms with van der Waals surface area (Å²) >= 11 is 0. The molecule has 1 saturated heterocycles. The minimum atomic E-state index is -1.67. The molecule has 0 amide bonds. The van der Waals surface area contributed by atoms with E-state index in [1.165, 1.54) is 6.07 Å². The Balaban J connectivity index is 1.52.